The van der Waals surface area contributed by atoms with Crippen LogP contribution in [0.4, 0.5) is 5.69 Å². The molecule has 1 aromatic carbocycles. The third kappa shape index (κ3) is 5.10. The first-order chi connectivity index (χ1) is 7.38. The van der Waals surface area contributed by atoms with Crippen LogP contribution in [0.3, 0.4) is 0 Å². The monoisotopic (exact) mass is 259 g/mol. The van der Waals surface area contributed by atoms with Crippen LogP contribution in [0.15, 0.2) is 23.1 Å². The van der Waals surface area contributed by atoms with Crippen LogP contribution in [0.1, 0.15) is 20.8 Å². The van der Waals surface area contributed by atoms with Crippen molar-refractivity contribution in [3.05, 3.63) is 23.2 Å². The molecule has 0 atom stereocenters. The van der Waals surface area contributed by atoms with Crippen LogP contribution in [0, 0.1) is 0 Å². The van der Waals surface area contributed by atoms with Gasteiger partial charge in [-0.2, -0.15) is 0 Å². The van der Waals surface area contributed by atoms with Crippen molar-refractivity contribution in [1.29, 1.82) is 0 Å². The summed E-state index contributed by atoms with van der Waals surface area (Å²) in [6.45, 7) is 6.89. The fourth-order valence-electron chi connectivity index (χ4n) is 1.11. The molecule has 4 heteroatoms. The minimum Gasteiger partial charge on any atom is -0.398 e. The second-order valence-corrected chi connectivity index (χ2v) is 6.07. The molecule has 2 nitrogen and oxygen atoms in total. The van der Waals surface area contributed by atoms with E-state index >= 15 is 0 Å². The number of nitrogen functional groups attached to an aromatic ring is 1. The zero-order valence-corrected chi connectivity index (χ0v) is 11.5. The van der Waals surface area contributed by atoms with Crippen LogP contribution in [-0.4, -0.2) is 18.0 Å². The van der Waals surface area contributed by atoms with Crippen molar-refractivity contribution in [2.45, 2.75) is 31.3 Å². The number of halogens is 1. The fourth-order valence-corrected chi connectivity index (χ4v) is 2.12. The quantitative estimate of drug-likeness (QED) is 0.507. The fraction of sp³-hybridized carbons (Fsp3) is 0.500. The van der Waals surface area contributed by atoms with Crippen LogP contribution < -0.4 is 5.73 Å². The molecule has 0 aliphatic carbocycles. The molecule has 0 fully saturated rings. The average molecular weight is 260 g/mol. The smallest absolute Gasteiger partial charge is 0.0646 e. The Labute approximate surface area is 107 Å². The summed E-state index contributed by atoms with van der Waals surface area (Å²) in [5.41, 5.74) is 6.19. The van der Waals surface area contributed by atoms with Crippen LogP contribution in [-0.2, 0) is 4.74 Å². The maximum absolute atomic E-state index is 5.93. The summed E-state index contributed by atoms with van der Waals surface area (Å²) in [5, 5.41) is 0.613. The first kappa shape index (κ1) is 13.7. The Morgan fingerprint density at radius 2 is 2.06 bits per heavy atom. The number of thioether (sulfide) groups is 1. The third-order valence-electron chi connectivity index (χ3n) is 1.86. The molecular weight excluding hydrogens is 242 g/mol. The van der Waals surface area contributed by atoms with Gasteiger partial charge in [0.15, 0.2) is 0 Å². The van der Waals surface area contributed by atoms with Gasteiger partial charge in [-0.15, -0.1) is 11.8 Å². The van der Waals surface area contributed by atoms with E-state index in [4.69, 9.17) is 22.1 Å². The van der Waals surface area contributed by atoms with Gasteiger partial charge in [0.25, 0.3) is 0 Å². The summed E-state index contributed by atoms with van der Waals surface area (Å²) in [4.78, 5) is 1.12. The van der Waals surface area contributed by atoms with E-state index < -0.39 is 0 Å². The lowest BCUT2D eigenvalue weighted by molar-refractivity contribution is 0.00695. The Morgan fingerprint density at radius 3 is 2.62 bits per heavy atom. The molecule has 0 bridgehead atoms. The average Bonchev–Trinajstić information content (AvgIpc) is 2.17. The lowest BCUT2D eigenvalue weighted by Gasteiger charge is -2.19. The number of benzene rings is 1. The Hall–Kier alpha value is -0.380. The number of hydrogen-bond donors (Lipinski definition) is 1. The summed E-state index contributed by atoms with van der Waals surface area (Å²) in [5.74, 6) is 0.914. The summed E-state index contributed by atoms with van der Waals surface area (Å²) in [7, 11) is 0. The third-order valence-corrected chi connectivity index (χ3v) is 3.14. The SMILES string of the molecule is CC(C)(C)OCCSc1ccc(N)c(Cl)c1. The van der Waals surface area contributed by atoms with Gasteiger partial charge in [-0.05, 0) is 39.0 Å². The van der Waals surface area contributed by atoms with Crippen molar-refractivity contribution in [3.8, 4) is 0 Å². The highest BCUT2D eigenvalue weighted by Crippen LogP contribution is 2.26. The molecule has 0 aliphatic heterocycles. The number of ether oxygens (including phenoxy) is 1. The molecule has 0 heterocycles. The lowest BCUT2D eigenvalue weighted by Crippen LogP contribution is -2.20. The van der Waals surface area contributed by atoms with Crippen molar-refractivity contribution in [3.63, 3.8) is 0 Å². The lowest BCUT2D eigenvalue weighted by atomic mass is 10.2. The normalized spacial score (nSPS) is 11.8. The van der Waals surface area contributed by atoms with Crippen molar-refractivity contribution < 1.29 is 4.74 Å². The zero-order chi connectivity index (χ0) is 12.2. The molecule has 2 N–H and O–H groups in total. The van der Waals surface area contributed by atoms with Gasteiger partial charge in [0.2, 0.25) is 0 Å². The van der Waals surface area contributed by atoms with Crippen molar-refractivity contribution in [1.82, 2.24) is 0 Å². The maximum Gasteiger partial charge on any atom is 0.0646 e. The second kappa shape index (κ2) is 5.80. The van der Waals surface area contributed by atoms with Gasteiger partial charge in [-0.3, -0.25) is 0 Å². The highest BCUT2D eigenvalue weighted by atomic mass is 35.5. The van der Waals surface area contributed by atoms with Crippen LogP contribution in [0.25, 0.3) is 0 Å². The summed E-state index contributed by atoms with van der Waals surface area (Å²) >= 11 is 7.65. The topological polar surface area (TPSA) is 35.2 Å². The standard InChI is InChI=1S/C12H18ClNOS/c1-12(2,3)15-6-7-16-9-4-5-11(14)10(13)8-9/h4-5,8H,6-7,14H2,1-3H3. The van der Waals surface area contributed by atoms with Gasteiger partial charge < -0.3 is 10.5 Å². The van der Waals surface area contributed by atoms with Gasteiger partial charge in [0.1, 0.15) is 0 Å². The van der Waals surface area contributed by atoms with Crippen LogP contribution in [0.5, 0.6) is 0 Å². The van der Waals surface area contributed by atoms with Crippen molar-refractivity contribution in [2.75, 3.05) is 18.1 Å². The van der Waals surface area contributed by atoms with Gasteiger partial charge in [0, 0.05) is 10.6 Å². The van der Waals surface area contributed by atoms with Gasteiger partial charge in [0.05, 0.1) is 22.9 Å². The van der Waals surface area contributed by atoms with E-state index in [0.717, 1.165) is 17.3 Å². The number of hydrogen-bond acceptors (Lipinski definition) is 3. The number of nitrogens with two attached hydrogens (primary N) is 1. The Kier molecular flexibility index (Phi) is 4.96. The molecule has 0 saturated heterocycles. The summed E-state index contributed by atoms with van der Waals surface area (Å²) in [6, 6.07) is 5.69. The number of anilines is 1. The highest BCUT2D eigenvalue weighted by molar-refractivity contribution is 7.99. The Morgan fingerprint density at radius 1 is 1.38 bits per heavy atom. The minimum atomic E-state index is -0.0701. The predicted octanol–water partition coefficient (Wildman–Crippen LogP) is 3.83. The molecule has 1 rings (SSSR count). The minimum absolute atomic E-state index is 0.0701. The molecule has 0 unspecified atom stereocenters. The van der Waals surface area contributed by atoms with Crippen LogP contribution >= 0.6 is 23.4 Å². The highest BCUT2D eigenvalue weighted by Gasteiger charge is 2.09. The molecule has 0 saturated carbocycles. The van der Waals surface area contributed by atoms with E-state index in [-0.39, 0.29) is 5.60 Å². The molecule has 90 valence electrons. The molecule has 0 aliphatic rings. The molecule has 16 heavy (non-hydrogen) atoms. The Bertz CT molecular complexity index is 349. The van der Waals surface area contributed by atoms with Gasteiger partial charge in [-0.25, -0.2) is 0 Å². The predicted molar refractivity (Wildman–Crippen MR) is 72.3 cm³/mol. The second-order valence-electron chi connectivity index (χ2n) is 4.49. The van der Waals surface area contributed by atoms with E-state index in [1.54, 1.807) is 11.8 Å². The van der Waals surface area contributed by atoms with E-state index in [1.165, 1.54) is 0 Å². The molecule has 0 radical (unpaired) electrons. The molecule has 0 aromatic heterocycles. The van der Waals surface area contributed by atoms with Gasteiger partial charge >= 0.3 is 0 Å². The summed E-state index contributed by atoms with van der Waals surface area (Å²) in [6.07, 6.45) is 0. The molecule has 0 amide bonds. The van der Waals surface area contributed by atoms with E-state index in [0.29, 0.717) is 10.7 Å². The molecular formula is C12H18ClNOS. The zero-order valence-electron chi connectivity index (χ0n) is 9.92. The molecule has 1 aromatic rings. The van der Waals surface area contributed by atoms with E-state index in [9.17, 15) is 0 Å². The van der Waals surface area contributed by atoms with Gasteiger partial charge in [-0.1, -0.05) is 11.6 Å². The molecule has 0 spiro atoms. The maximum atomic E-state index is 5.93. The first-order valence-corrected chi connectivity index (χ1v) is 6.56. The van der Waals surface area contributed by atoms with E-state index in [1.807, 2.05) is 18.2 Å². The van der Waals surface area contributed by atoms with Crippen molar-refractivity contribution in [2.24, 2.45) is 0 Å². The number of rotatable bonds is 4. The van der Waals surface area contributed by atoms with Crippen molar-refractivity contribution >= 4 is 29.1 Å². The Balaban J connectivity index is 2.35. The van der Waals surface area contributed by atoms with E-state index in [2.05, 4.69) is 20.8 Å². The van der Waals surface area contributed by atoms with Crippen LogP contribution in [0.2, 0.25) is 5.02 Å². The first-order valence-electron chi connectivity index (χ1n) is 5.20. The summed E-state index contributed by atoms with van der Waals surface area (Å²) < 4.78 is 5.63. The largest absolute Gasteiger partial charge is 0.398 e.